The van der Waals surface area contributed by atoms with Crippen molar-refractivity contribution in [3.8, 4) is 0 Å². The van der Waals surface area contributed by atoms with Crippen LogP contribution in [0.1, 0.15) is 336 Å². The molecule has 0 aliphatic rings. The lowest BCUT2D eigenvalue weighted by atomic mass is 10.1. The molecule has 618 valence electrons. The molecule has 17 nitrogen and oxygen atoms in total. The summed E-state index contributed by atoms with van der Waals surface area (Å²) in [5, 5.41) is 10.7. The Balaban J connectivity index is 5.43. The second-order valence-electron chi connectivity index (χ2n) is 27.6. The quantitative estimate of drug-likeness (QED) is 0.0169. The minimum absolute atomic E-state index is 0.0715. The van der Waals surface area contributed by atoms with E-state index in [1.165, 1.54) is 38.5 Å². The van der Waals surface area contributed by atoms with Gasteiger partial charge in [-0.2, -0.15) is 0 Å². The van der Waals surface area contributed by atoms with Crippen LogP contribution in [0.3, 0.4) is 0 Å². The molecule has 0 aromatic heterocycles. The third-order valence-electron chi connectivity index (χ3n) is 17.3. The molecule has 0 radical (unpaired) electrons. The number of esters is 4. The minimum atomic E-state index is -5.00. The van der Waals surface area contributed by atoms with Gasteiger partial charge in [0, 0.05) is 25.7 Å². The van der Waals surface area contributed by atoms with Crippen molar-refractivity contribution >= 4 is 39.5 Å². The van der Waals surface area contributed by atoms with Crippen molar-refractivity contribution in [2.45, 2.75) is 354 Å². The zero-order valence-electron chi connectivity index (χ0n) is 67.7. The highest BCUT2D eigenvalue weighted by Crippen LogP contribution is 2.45. The number of unbranched alkanes of at least 4 members (excludes halogenated alkanes) is 28. The summed E-state index contributed by atoms with van der Waals surface area (Å²) < 4.78 is 68.8. The molecule has 0 saturated heterocycles. The van der Waals surface area contributed by atoms with Gasteiger partial charge in [-0.3, -0.25) is 37.3 Å². The van der Waals surface area contributed by atoms with Crippen molar-refractivity contribution in [3.63, 3.8) is 0 Å². The van der Waals surface area contributed by atoms with Crippen LogP contribution in [0.25, 0.3) is 0 Å². The predicted molar refractivity (Wildman–Crippen MR) is 445 cm³/mol. The van der Waals surface area contributed by atoms with E-state index in [1.54, 1.807) is 0 Å². The molecular weight excluding hydrogens is 1400 g/mol. The fourth-order valence-corrected chi connectivity index (χ4v) is 12.5. The van der Waals surface area contributed by atoms with Gasteiger partial charge in [0.05, 0.1) is 26.4 Å². The van der Waals surface area contributed by atoms with Gasteiger partial charge in [0.15, 0.2) is 12.2 Å². The van der Waals surface area contributed by atoms with Gasteiger partial charge in [-0.25, -0.2) is 9.13 Å². The Morgan fingerprint density at radius 2 is 0.481 bits per heavy atom. The van der Waals surface area contributed by atoms with Gasteiger partial charge in [-0.1, -0.05) is 289 Å². The third kappa shape index (κ3) is 79.0. The predicted octanol–water partition coefficient (Wildman–Crippen LogP) is 25.0. The molecule has 0 aromatic rings. The van der Waals surface area contributed by atoms with Gasteiger partial charge in [0.25, 0.3) is 0 Å². The smallest absolute Gasteiger partial charge is 0.462 e. The van der Waals surface area contributed by atoms with Crippen molar-refractivity contribution in [1.29, 1.82) is 0 Å². The average molecular weight is 1550 g/mol. The van der Waals surface area contributed by atoms with Gasteiger partial charge < -0.3 is 33.8 Å². The molecule has 5 atom stereocenters. The van der Waals surface area contributed by atoms with E-state index in [0.29, 0.717) is 25.7 Å². The SMILES string of the molecule is CC/C=C\C/C=C\C/C=C\C/C=C\CCCCCCCCC(=O)OCC(COP(=O)(O)OCC(O)COP(=O)(O)OCC(COC(=O)CCCCCCC/C=C\C/C=C\C/C=C\CC)OC(=O)CCCCCCC/C=C\C/C=C\CCCCC)OC(=O)CCCCCCCC/C=C\C/C=C\C/C=C\CCCCC. The van der Waals surface area contributed by atoms with E-state index < -0.39 is 97.5 Å². The molecule has 19 heteroatoms. The monoisotopic (exact) mass is 1550 g/mol. The summed E-state index contributed by atoms with van der Waals surface area (Å²) in [7, 11) is -9.99. The molecule has 5 unspecified atom stereocenters. The van der Waals surface area contributed by atoms with Gasteiger partial charge >= 0.3 is 39.5 Å². The van der Waals surface area contributed by atoms with Gasteiger partial charge in [-0.05, 0) is 167 Å². The van der Waals surface area contributed by atoms with Crippen LogP contribution in [0.2, 0.25) is 0 Å². The van der Waals surface area contributed by atoms with Crippen LogP contribution in [-0.2, 0) is 65.4 Å². The van der Waals surface area contributed by atoms with Crippen LogP contribution in [0, 0.1) is 0 Å². The van der Waals surface area contributed by atoms with Crippen LogP contribution in [-0.4, -0.2) is 96.7 Å². The van der Waals surface area contributed by atoms with E-state index >= 15 is 0 Å². The van der Waals surface area contributed by atoms with Crippen LogP contribution in [0.5, 0.6) is 0 Å². The maximum atomic E-state index is 13.1. The van der Waals surface area contributed by atoms with Crippen LogP contribution < -0.4 is 0 Å². The molecule has 0 saturated carbocycles. The first kappa shape index (κ1) is 103. The normalized spacial score (nSPS) is 14.5. The van der Waals surface area contributed by atoms with E-state index in [2.05, 4.69) is 174 Å². The fraction of sp³-hybridized carbons (Fsp3) is 0.685. The molecule has 0 aliphatic carbocycles. The second kappa shape index (κ2) is 80.0. The van der Waals surface area contributed by atoms with Crippen molar-refractivity contribution < 1.29 is 80.2 Å². The first-order valence-electron chi connectivity index (χ1n) is 42.1. The molecule has 0 bridgehead atoms. The number of aliphatic hydroxyl groups excluding tert-OH is 1. The van der Waals surface area contributed by atoms with Gasteiger partial charge in [0.2, 0.25) is 0 Å². The summed E-state index contributed by atoms with van der Waals surface area (Å²) in [5.74, 6) is -2.23. The highest BCUT2D eigenvalue weighted by Gasteiger charge is 2.30. The summed E-state index contributed by atoms with van der Waals surface area (Å²) in [6.45, 7) is 4.56. The Kier molecular flexibility index (Phi) is 76.3. The lowest BCUT2D eigenvalue weighted by Gasteiger charge is -2.21. The highest BCUT2D eigenvalue weighted by molar-refractivity contribution is 7.47. The number of phosphoric ester groups is 2. The molecule has 0 rings (SSSR count). The largest absolute Gasteiger partial charge is 0.472 e. The average Bonchev–Trinajstić information content (AvgIpc) is 0.896. The molecule has 0 aromatic carbocycles. The number of carbonyl (C=O) groups is 4. The minimum Gasteiger partial charge on any atom is -0.462 e. The van der Waals surface area contributed by atoms with Crippen LogP contribution in [0.4, 0.5) is 0 Å². The van der Waals surface area contributed by atoms with Crippen LogP contribution in [0.15, 0.2) is 146 Å². The molecular formula is C89H150O17P2. The molecule has 0 aliphatic heterocycles. The van der Waals surface area contributed by atoms with Gasteiger partial charge in [-0.15, -0.1) is 0 Å². The fourth-order valence-electron chi connectivity index (χ4n) is 10.9. The number of allylic oxidation sites excluding steroid dienone is 24. The number of carbonyl (C=O) groups excluding carboxylic acids is 4. The van der Waals surface area contributed by atoms with E-state index in [1.807, 2.05) is 0 Å². The number of hydrogen-bond donors (Lipinski definition) is 3. The van der Waals surface area contributed by atoms with Crippen molar-refractivity contribution in [2.75, 3.05) is 39.6 Å². The molecule has 0 fully saturated rings. The maximum Gasteiger partial charge on any atom is 0.472 e. The third-order valence-corrected chi connectivity index (χ3v) is 19.2. The zero-order valence-corrected chi connectivity index (χ0v) is 69.5. The molecule has 108 heavy (non-hydrogen) atoms. The topological polar surface area (TPSA) is 237 Å². The van der Waals surface area contributed by atoms with Crippen molar-refractivity contribution in [1.82, 2.24) is 0 Å². The van der Waals surface area contributed by atoms with Crippen LogP contribution >= 0.6 is 15.6 Å². The van der Waals surface area contributed by atoms with E-state index in [9.17, 15) is 43.2 Å². The van der Waals surface area contributed by atoms with Gasteiger partial charge in [0.1, 0.15) is 19.3 Å². The highest BCUT2D eigenvalue weighted by atomic mass is 31.2. The Morgan fingerprint density at radius 3 is 0.741 bits per heavy atom. The molecule has 3 N–H and O–H groups in total. The number of phosphoric acid groups is 2. The first-order chi connectivity index (χ1) is 52.7. The summed E-state index contributed by atoms with van der Waals surface area (Å²) in [6, 6.07) is 0. The molecule has 0 amide bonds. The Morgan fingerprint density at radius 1 is 0.269 bits per heavy atom. The summed E-state index contributed by atoms with van der Waals surface area (Å²) in [5.41, 5.74) is 0. The lowest BCUT2D eigenvalue weighted by molar-refractivity contribution is -0.161. The number of aliphatic hydroxyl groups is 1. The Bertz CT molecular complexity index is 2610. The number of hydrogen-bond acceptors (Lipinski definition) is 15. The molecule has 0 spiro atoms. The summed E-state index contributed by atoms with van der Waals surface area (Å²) in [6.07, 6.45) is 92.3. The maximum absolute atomic E-state index is 13.1. The first-order valence-corrected chi connectivity index (χ1v) is 45.1. The zero-order chi connectivity index (χ0) is 78.9. The van der Waals surface area contributed by atoms with Crippen molar-refractivity contribution in [2.24, 2.45) is 0 Å². The van der Waals surface area contributed by atoms with E-state index in [0.717, 1.165) is 218 Å². The van der Waals surface area contributed by atoms with Crippen molar-refractivity contribution in [3.05, 3.63) is 146 Å². The number of rotatable bonds is 78. The summed E-state index contributed by atoms with van der Waals surface area (Å²) in [4.78, 5) is 73.2. The lowest BCUT2D eigenvalue weighted by Crippen LogP contribution is -2.30. The second-order valence-corrected chi connectivity index (χ2v) is 30.6. The Hall–Kier alpha value is -5.06. The summed E-state index contributed by atoms with van der Waals surface area (Å²) >= 11 is 0. The van der Waals surface area contributed by atoms with E-state index in [4.69, 9.17) is 37.0 Å². The van der Waals surface area contributed by atoms with E-state index in [-0.39, 0.29) is 25.7 Å². The standard InChI is InChI=1S/C89H150O17P2/c1-5-9-13-17-21-25-29-33-37-39-41-43-47-50-54-58-62-66-70-74-87(92)100-80-85(106-89(94)76-72-68-64-60-56-52-48-44-42-40-38-34-30-26-22-18-14-10-6-2)82-104-108(97,98)102-78-83(90)77-101-107(95,96)103-81-84(105-88(93)75-71-67-63-59-55-51-46-36-32-28-24-20-16-12-8-4)79-99-86(91)73-69-65-61-57-53-49-45-35-31-27-23-19-15-11-7-3/h9,11,13,15,21-28,33-38,41-46,83-85,90H,5-8,10,12,14,16-20,29-32,39-40,47-82H2,1-4H3,(H,95,96)(H,97,98)/b13-9-,15-11-,25-21-,26-22-,27-23-,28-24-,37-33-,38-34-,43-41-,44-42-,45-35-,46-36-. The number of ether oxygens (including phenoxy) is 4. The molecule has 0 heterocycles. The Labute approximate surface area is 656 Å².